The highest BCUT2D eigenvalue weighted by Gasteiger charge is 2.27. The monoisotopic (exact) mass is 591 g/mol. The number of sulfonamides is 1. The SMILES string of the molecule is Cc1ccc(S(=O)(=O)N(CC(=O)N/N=C\c2ccc(OCc3ccc4ccccc4c3)cc2)c2ccc(C)c(C)c2)cc1. The molecule has 1 N–H and O–H groups in total. The summed E-state index contributed by atoms with van der Waals surface area (Å²) in [5.41, 5.74) is 7.57. The maximum Gasteiger partial charge on any atom is 0.264 e. The number of nitrogens with zero attached hydrogens (tertiary/aromatic N) is 2. The number of fused-ring (bicyclic) bond motifs is 1. The van der Waals surface area contributed by atoms with E-state index in [1.165, 1.54) is 17.0 Å². The van der Waals surface area contributed by atoms with Gasteiger partial charge in [0.15, 0.2) is 0 Å². The molecule has 0 unspecified atom stereocenters. The number of carbonyl (C=O) groups is 1. The predicted molar refractivity (Wildman–Crippen MR) is 172 cm³/mol. The number of carbonyl (C=O) groups excluding carboxylic acids is 1. The van der Waals surface area contributed by atoms with Gasteiger partial charge in [-0.25, -0.2) is 13.8 Å². The third-order valence-electron chi connectivity index (χ3n) is 7.18. The molecule has 5 aromatic rings. The first-order chi connectivity index (χ1) is 20.7. The fourth-order valence-corrected chi connectivity index (χ4v) is 5.94. The van der Waals surface area contributed by atoms with Gasteiger partial charge in [-0.15, -0.1) is 0 Å². The maximum absolute atomic E-state index is 13.6. The summed E-state index contributed by atoms with van der Waals surface area (Å²) in [7, 11) is -4.01. The van der Waals surface area contributed by atoms with Gasteiger partial charge < -0.3 is 4.74 Å². The average Bonchev–Trinajstić information content (AvgIpc) is 3.01. The second kappa shape index (κ2) is 12.9. The zero-order valence-corrected chi connectivity index (χ0v) is 25.1. The van der Waals surface area contributed by atoms with Gasteiger partial charge in [0.05, 0.1) is 16.8 Å². The number of benzene rings is 5. The van der Waals surface area contributed by atoms with Crippen LogP contribution in [-0.2, 0) is 21.4 Å². The van der Waals surface area contributed by atoms with Crippen molar-refractivity contribution in [1.82, 2.24) is 5.43 Å². The number of hydrazone groups is 1. The molecule has 7 nitrogen and oxygen atoms in total. The molecular formula is C35H33N3O4S. The molecule has 0 aliphatic carbocycles. The number of hydrogen-bond donors (Lipinski definition) is 1. The molecule has 0 heterocycles. The highest BCUT2D eigenvalue weighted by molar-refractivity contribution is 7.92. The Labute approximate surface area is 252 Å². The Hall–Kier alpha value is -4.95. The zero-order chi connectivity index (χ0) is 30.4. The Kier molecular flexibility index (Phi) is 8.87. The first kappa shape index (κ1) is 29.5. The third-order valence-corrected chi connectivity index (χ3v) is 8.97. The van der Waals surface area contributed by atoms with Crippen molar-refractivity contribution < 1.29 is 17.9 Å². The second-order valence-corrected chi connectivity index (χ2v) is 12.3. The van der Waals surface area contributed by atoms with Crippen LogP contribution in [0.3, 0.4) is 0 Å². The van der Waals surface area contributed by atoms with E-state index in [0.29, 0.717) is 18.0 Å². The van der Waals surface area contributed by atoms with Crippen LogP contribution in [0.1, 0.15) is 27.8 Å². The van der Waals surface area contributed by atoms with Crippen LogP contribution < -0.4 is 14.5 Å². The van der Waals surface area contributed by atoms with Crippen molar-refractivity contribution in [2.75, 3.05) is 10.8 Å². The minimum Gasteiger partial charge on any atom is -0.489 e. The molecule has 0 fully saturated rings. The van der Waals surface area contributed by atoms with Gasteiger partial charge in [-0.05, 0) is 108 Å². The summed E-state index contributed by atoms with van der Waals surface area (Å²) in [6, 6.07) is 33.6. The second-order valence-electron chi connectivity index (χ2n) is 10.4. The fraction of sp³-hybridized carbons (Fsp3) is 0.143. The summed E-state index contributed by atoms with van der Waals surface area (Å²) < 4.78 is 34.2. The summed E-state index contributed by atoms with van der Waals surface area (Å²) >= 11 is 0. The van der Waals surface area contributed by atoms with Gasteiger partial charge in [-0.1, -0.05) is 60.2 Å². The van der Waals surface area contributed by atoms with Crippen LogP contribution >= 0.6 is 0 Å². The lowest BCUT2D eigenvalue weighted by atomic mass is 10.1. The smallest absolute Gasteiger partial charge is 0.264 e. The molecule has 0 aliphatic rings. The largest absolute Gasteiger partial charge is 0.489 e. The van der Waals surface area contributed by atoms with E-state index in [0.717, 1.165) is 32.1 Å². The van der Waals surface area contributed by atoms with Crippen molar-refractivity contribution in [3.8, 4) is 5.75 Å². The Morgan fingerprint density at radius 1 is 0.814 bits per heavy atom. The summed E-state index contributed by atoms with van der Waals surface area (Å²) in [6.07, 6.45) is 1.50. The standard InChI is InChI=1S/C35H33N3O4S/c1-25-8-18-34(19-9-25)43(40,41)38(32-15-10-26(2)27(3)20-32)23-35(39)37-36-22-28-12-16-33(17-13-28)42-24-29-11-14-30-6-4-5-7-31(30)21-29/h4-22H,23-24H2,1-3H3,(H,37,39)/b36-22-. The van der Waals surface area contributed by atoms with Gasteiger partial charge in [0.25, 0.3) is 15.9 Å². The van der Waals surface area contributed by atoms with E-state index < -0.39 is 22.5 Å². The van der Waals surface area contributed by atoms with Gasteiger partial charge in [0.1, 0.15) is 18.9 Å². The normalized spacial score (nSPS) is 11.5. The molecule has 8 heteroatoms. The van der Waals surface area contributed by atoms with E-state index in [1.54, 1.807) is 36.4 Å². The van der Waals surface area contributed by atoms with E-state index in [4.69, 9.17) is 4.74 Å². The van der Waals surface area contributed by atoms with Crippen LogP contribution in [0.25, 0.3) is 10.8 Å². The van der Waals surface area contributed by atoms with Crippen molar-refractivity contribution in [2.24, 2.45) is 5.10 Å². The van der Waals surface area contributed by atoms with Gasteiger partial charge in [-0.2, -0.15) is 5.10 Å². The molecule has 0 atom stereocenters. The number of rotatable bonds is 10. The van der Waals surface area contributed by atoms with Gasteiger partial charge in [0.2, 0.25) is 0 Å². The third kappa shape index (κ3) is 7.28. The highest BCUT2D eigenvalue weighted by Crippen LogP contribution is 2.26. The average molecular weight is 592 g/mol. The van der Waals surface area contributed by atoms with Crippen LogP contribution in [-0.4, -0.2) is 27.1 Å². The Balaban J connectivity index is 1.22. The molecule has 1 amide bonds. The molecular weight excluding hydrogens is 558 g/mol. The van der Waals surface area contributed by atoms with E-state index in [-0.39, 0.29) is 4.90 Å². The highest BCUT2D eigenvalue weighted by atomic mass is 32.2. The first-order valence-electron chi connectivity index (χ1n) is 13.9. The number of aryl methyl sites for hydroxylation is 3. The quantitative estimate of drug-likeness (QED) is 0.145. The number of amides is 1. The molecule has 0 saturated heterocycles. The Bertz CT molecular complexity index is 1880. The van der Waals surface area contributed by atoms with E-state index >= 15 is 0 Å². The summed E-state index contributed by atoms with van der Waals surface area (Å²) in [6.45, 7) is 5.74. The number of hydrogen-bond acceptors (Lipinski definition) is 5. The molecule has 218 valence electrons. The molecule has 5 rings (SSSR count). The molecule has 0 aliphatic heterocycles. The van der Waals surface area contributed by atoms with Crippen LogP contribution in [0.2, 0.25) is 0 Å². The molecule has 0 radical (unpaired) electrons. The molecule has 43 heavy (non-hydrogen) atoms. The van der Waals surface area contributed by atoms with Gasteiger partial charge in [0, 0.05) is 0 Å². The maximum atomic E-state index is 13.6. The zero-order valence-electron chi connectivity index (χ0n) is 24.3. The molecule has 5 aromatic carbocycles. The summed E-state index contributed by atoms with van der Waals surface area (Å²) in [5, 5.41) is 6.41. The van der Waals surface area contributed by atoms with E-state index in [2.05, 4.69) is 40.9 Å². The van der Waals surface area contributed by atoms with Crippen molar-refractivity contribution in [3.63, 3.8) is 0 Å². The molecule has 0 bridgehead atoms. The lowest BCUT2D eigenvalue weighted by Crippen LogP contribution is -2.39. The van der Waals surface area contributed by atoms with Gasteiger partial charge in [-0.3, -0.25) is 9.10 Å². The molecule has 0 aromatic heterocycles. The lowest BCUT2D eigenvalue weighted by Gasteiger charge is -2.24. The lowest BCUT2D eigenvalue weighted by molar-refractivity contribution is -0.119. The topological polar surface area (TPSA) is 88.1 Å². The number of nitrogens with one attached hydrogen (secondary N) is 1. The number of ether oxygens (including phenoxy) is 1. The van der Waals surface area contributed by atoms with Crippen molar-refractivity contribution in [1.29, 1.82) is 0 Å². The van der Waals surface area contributed by atoms with Crippen LogP contribution in [0.15, 0.2) is 119 Å². The summed E-state index contributed by atoms with van der Waals surface area (Å²) in [5.74, 6) is 0.139. The van der Waals surface area contributed by atoms with Crippen LogP contribution in [0.4, 0.5) is 5.69 Å². The van der Waals surface area contributed by atoms with Crippen molar-refractivity contribution >= 4 is 38.6 Å². The number of anilines is 1. The van der Waals surface area contributed by atoms with Crippen LogP contribution in [0.5, 0.6) is 5.75 Å². The Morgan fingerprint density at radius 2 is 1.53 bits per heavy atom. The molecule has 0 spiro atoms. The first-order valence-corrected chi connectivity index (χ1v) is 15.3. The molecule has 0 saturated carbocycles. The van der Waals surface area contributed by atoms with E-state index in [1.807, 2.05) is 63.2 Å². The Morgan fingerprint density at radius 3 is 2.26 bits per heavy atom. The van der Waals surface area contributed by atoms with Crippen molar-refractivity contribution in [3.05, 3.63) is 137 Å². The summed E-state index contributed by atoms with van der Waals surface area (Å²) in [4.78, 5) is 13.0. The van der Waals surface area contributed by atoms with Crippen molar-refractivity contribution in [2.45, 2.75) is 32.3 Å². The minimum absolute atomic E-state index is 0.107. The van der Waals surface area contributed by atoms with Gasteiger partial charge >= 0.3 is 0 Å². The minimum atomic E-state index is -4.01. The van der Waals surface area contributed by atoms with E-state index in [9.17, 15) is 13.2 Å². The predicted octanol–water partition coefficient (Wildman–Crippen LogP) is 6.69. The fourth-order valence-electron chi connectivity index (χ4n) is 4.52. The van der Waals surface area contributed by atoms with Crippen LogP contribution in [0, 0.1) is 20.8 Å².